The van der Waals surface area contributed by atoms with E-state index in [-0.39, 0.29) is 0 Å². The number of hydrogen-bond donors (Lipinski definition) is 1. The SMILES string of the molecule is Cc1cc(CNC2CCC(C)(C)c3ccccc32)sc1C. The number of hydrogen-bond acceptors (Lipinski definition) is 2. The average molecular weight is 299 g/mol. The third-order valence-corrected chi connectivity index (χ3v) is 6.02. The predicted molar refractivity (Wildman–Crippen MR) is 92.1 cm³/mol. The molecule has 1 atom stereocenters. The zero-order valence-electron chi connectivity index (χ0n) is 13.5. The molecule has 1 aliphatic carbocycles. The lowest BCUT2D eigenvalue weighted by molar-refractivity contribution is 0.358. The molecule has 0 amide bonds. The number of thiophene rings is 1. The van der Waals surface area contributed by atoms with Crippen molar-refractivity contribution in [2.45, 2.75) is 58.5 Å². The van der Waals surface area contributed by atoms with Crippen LogP contribution in [0.3, 0.4) is 0 Å². The molecule has 2 heteroatoms. The summed E-state index contributed by atoms with van der Waals surface area (Å²) in [6.45, 7) is 10.1. The van der Waals surface area contributed by atoms with Gasteiger partial charge in [0.2, 0.25) is 0 Å². The predicted octanol–water partition coefficient (Wildman–Crippen LogP) is 5.27. The van der Waals surface area contributed by atoms with Crippen LogP contribution in [0.1, 0.15) is 59.2 Å². The lowest BCUT2D eigenvalue weighted by Crippen LogP contribution is -2.32. The maximum atomic E-state index is 3.78. The van der Waals surface area contributed by atoms with Crippen LogP contribution in [-0.4, -0.2) is 0 Å². The highest BCUT2D eigenvalue weighted by Gasteiger charge is 2.31. The second-order valence-corrected chi connectivity index (χ2v) is 8.24. The molecule has 0 spiro atoms. The van der Waals surface area contributed by atoms with Crippen LogP contribution >= 0.6 is 11.3 Å². The van der Waals surface area contributed by atoms with Gasteiger partial charge in [-0.3, -0.25) is 0 Å². The Morgan fingerprint density at radius 3 is 2.71 bits per heavy atom. The second-order valence-electron chi connectivity index (χ2n) is 6.90. The average Bonchev–Trinajstić information content (AvgIpc) is 2.77. The first-order valence-electron chi connectivity index (χ1n) is 7.86. The molecule has 1 N–H and O–H groups in total. The third kappa shape index (κ3) is 2.93. The van der Waals surface area contributed by atoms with E-state index in [9.17, 15) is 0 Å². The van der Waals surface area contributed by atoms with Gasteiger partial charge in [-0.05, 0) is 54.9 Å². The molecule has 1 nitrogen and oxygen atoms in total. The maximum absolute atomic E-state index is 3.78. The summed E-state index contributed by atoms with van der Waals surface area (Å²) in [7, 11) is 0. The summed E-state index contributed by atoms with van der Waals surface area (Å²) in [6.07, 6.45) is 2.48. The lowest BCUT2D eigenvalue weighted by Gasteiger charge is -2.37. The van der Waals surface area contributed by atoms with E-state index in [1.807, 2.05) is 11.3 Å². The van der Waals surface area contributed by atoms with Gasteiger partial charge in [0.05, 0.1) is 0 Å². The summed E-state index contributed by atoms with van der Waals surface area (Å²) in [5.74, 6) is 0. The smallest absolute Gasteiger partial charge is 0.0326 e. The zero-order valence-corrected chi connectivity index (χ0v) is 14.3. The lowest BCUT2D eigenvalue weighted by atomic mass is 9.71. The van der Waals surface area contributed by atoms with Crippen molar-refractivity contribution in [1.82, 2.24) is 5.32 Å². The van der Waals surface area contributed by atoms with E-state index in [1.54, 1.807) is 0 Å². The largest absolute Gasteiger partial charge is 0.305 e. The van der Waals surface area contributed by atoms with Crippen LogP contribution in [0, 0.1) is 13.8 Å². The molecule has 0 radical (unpaired) electrons. The molecular formula is C19H25NS. The van der Waals surface area contributed by atoms with E-state index in [2.05, 4.69) is 63.3 Å². The molecule has 0 aliphatic heterocycles. The highest BCUT2D eigenvalue weighted by Crippen LogP contribution is 2.41. The Bertz CT molecular complexity index is 619. The Morgan fingerprint density at radius 1 is 1.24 bits per heavy atom. The van der Waals surface area contributed by atoms with E-state index in [4.69, 9.17) is 0 Å². The van der Waals surface area contributed by atoms with Crippen LogP contribution in [0.4, 0.5) is 0 Å². The minimum absolute atomic E-state index is 0.310. The van der Waals surface area contributed by atoms with E-state index in [1.165, 1.54) is 39.3 Å². The normalized spacial score (nSPS) is 20.3. The molecular weight excluding hydrogens is 274 g/mol. The fourth-order valence-electron chi connectivity index (χ4n) is 3.39. The number of aryl methyl sites for hydroxylation is 2. The Kier molecular flexibility index (Phi) is 3.94. The summed E-state index contributed by atoms with van der Waals surface area (Å²) in [5, 5.41) is 3.78. The zero-order chi connectivity index (χ0) is 15.0. The highest BCUT2D eigenvalue weighted by atomic mass is 32.1. The van der Waals surface area contributed by atoms with Gasteiger partial charge in [-0.15, -0.1) is 11.3 Å². The van der Waals surface area contributed by atoms with Crippen molar-refractivity contribution >= 4 is 11.3 Å². The minimum Gasteiger partial charge on any atom is -0.305 e. The Balaban J connectivity index is 1.78. The molecule has 1 unspecified atom stereocenters. The number of fused-ring (bicyclic) bond motifs is 1. The van der Waals surface area contributed by atoms with Crippen molar-refractivity contribution in [3.8, 4) is 0 Å². The van der Waals surface area contributed by atoms with Crippen LogP contribution in [-0.2, 0) is 12.0 Å². The minimum atomic E-state index is 0.310. The first kappa shape index (κ1) is 14.8. The maximum Gasteiger partial charge on any atom is 0.0326 e. The first-order valence-corrected chi connectivity index (χ1v) is 8.68. The van der Waals surface area contributed by atoms with Crippen molar-refractivity contribution in [3.05, 3.63) is 56.8 Å². The Hall–Kier alpha value is -1.12. The molecule has 2 aromatic rings. The second kappa shape index (κ2) is 5.58. The summed E-state index contributed by atoms with van der Waals surface area (Å²) in [4.78, 5) is 2.89. The Labute approximate surface area is 132 Å². The molecule has 1 aliphatic rings. The fourth-order valence-corrected chi connectivity index (χ4v) is 4.39. The van der Waals surface area contributed by atoms with Crippen LogP contribution in [0.25, 0.3) is 0 Å². The number of nitrogens with one attached hydrogen (secondary N) is 1. The van der Waals surface area contributed by atoms with Gasteiger partial charge in [-0.2, -0.15) is 0 Å². The molecule has 1 aromatic carbocycles. The van der Waals surface area contributed by atoms with Crippen molar-refractivity contribution < 1.29 is 0 Å². The monoisotopic (exact) mass is 299 g/mol. The topological polar surface area (TPSA) is 12.0 Å². The van der Waals surface area contributed by atoms with Gasteiger partial charge in [0.25, 0.3) is 0 Å². The van der Waals surface area contributed by atoms with Crippen LogP contribution in [0.5, 0.6) is 0 Å². The van der Waals surface area contributed by atoms with E-state index < -0.39 is 0 Å². The summed E-state index contributed by atoms with van der Waals surface area (Å²) < 4.78 is 0. The van der Waals surface area contributed by atoms with Gasteiger partial charge in [-0.25, -0.2) is 0 Å². The summed E-state index contributed by atoms with van der Waals surface area (Å²) in [5.41, 5.74) is 4.75. The molecule has 0 bridgehead atoms. The van der Waals surface area contributed by atoms with Crippen molar-refractivity contribution in [1.29, 1.82) is 0 Å². The highest BCUT2D eigenvalue weighted by molar-refractivity contribution is 7.12. The van der Waals surface area contributed by atoms with E-state index in [0.717, 1.165) is 6.54 Å². The van der Waals surface area contributed by atoms with Gasteiger partial charge in [-0.1, -0.05) is 38.1 Å². The van der Waals surface area contributed by atoms with Crippen LogP contribution < -0.4 is 5.32 Å². The van der Waals surface area contributed by atoms with Gasteiger partial charge >= 0.3 is 0 Å². The van der Waals surface area contributed by atoms with Crippen molar-refractivity contribution in [3.63, 3.8) is 0 Å². The Morgan fingerprint density at radius 2 is 2.00 bits per heavy atom. The number of benzene rings is 1. The molecule has 1 heterocycles. The van der Waals surface area contributed by atoms with E-state index in [0.29, 0.717) is 11.5 Å². The summed E-state index contributed by atoms with van der Waals surface area (Å²) >= 11 is 1.92. The molecule has 0 saturated heterocycles. The molecule has 0 saturated carbocycles. The van der Waals surface area contributed by atoms with Gasteiger partial charge in [0, 0.05) is 22.3 Å². The van der Waals surface area contributed by atoms with Gasteiger partial charge in [0.15, 0.2) is 0 Å². The quantitative estimate of drug-likeness (QED) is 0.814. The fraction of sp³-hybridized carbons (Fsp3) is 0.474. The van der Waals surface area contributed by atoms with Crippen molar-refractivity contribution in [2.24, 2.45) is 0 Å². The van der Waals surface area contributed by atoms with Gasteiger partial charge < -0.3 is 5.32 Å². The third-order valence-electron chi connectivity index (χ3n) is 4.86. The van der Waals surface area contributed by atoms with Gasteiger partial charge in [0.1, 0.15) is 0 Å². The molecule has 0 fully saturated rings. The molecule has 21 heavy (non-hydrogen) atoms. The molecule has 112 valence electrons. The number of rotatable bonds is 3. The standard InChI is InChI=1S/C19H25NS/c1-13-11-15(21-14(13)2)12-20-18-9-10-19(3,4)17-8-6-5-7-16(17)18/h5-8,11,18,20H,9-10,12H2,1-4H3. The molecule has 1 aromatic heterocycles. The van der Waals surface area contributed by atoms with E-state index >= 15 is 0 Å². The first-order chi connectivity index (χ1) is 9.97. The van der Waals surface area contributed by atoms with Crippen molar-refractivity contribution in [2.75, 3.05) is 0 Å². The van der Waals surface area contributed by atoms with Crippen LogP contribution in [0.2, 0.25) is 0 Å². The summed E-state index contributed by atoms with van der Waals surface area (Å²) in [6, 6.07) is 11.8. The molecule has 3 rings (SSSR count). The van der Waals surface area contributed by atoms with Crippen LogP contribution in [0.15, 0.2) is 30.3 Å².